The summed E-state index contributed by atoms with van der Waals surface area (Å²) in [6.07, 6.45) is 0. The second-order valence-electron chi connectivity index (χ2n) is 3.75. The predicted octanol–water partition coefficient (Wildman–Crippen LogP) is 3.69. The van der Waals surface area contributed by atoms with Crippen LogP contribution in [0.5, 0.6) is 0 Å². The van der Waals surface area contributed by atoms with E-state index in [2.05, 4.69) is 31.7 Å². The second kappa shape index (κ2) is 6.41. The molecule has 1 aromatic carbocycles. The first-order chi connectivity index (χ1) is 9.51. The van der Waals surface area contributed by atoms with Crippen molar-refractivity contribution in [3.63, 3.8) is 0 Å². The van der Waals surface area contributed by atoms with Gasteiger partial charge in [-0.3, -0.25) is 4.79 Å². The van der Waals surface area contributed by atoms with E-state index in [9.17, 15) is 4.79 Å². The van der Waals surface area contributed by atoms with Crippen molar-refractivity contribution in [1.29, 1.82) is 0 Å². The van der Waals surface area contributed by atoms with E-state index in [-0.39, 0.29) is 10.7 Å². The second-order valence-corrected chi connectivity index (χ2v) is 5.48. The molecule has 0 aliphatic rings. The standard InChI is InChI=1S/C12H9BrCl2N4O/c13-6-1-2-7(14)9(5-6)17-12(20)11-8(15)3-4-10(18-11)19-16/h1-5H,16H2,(H,17,20)(H,18,19). The molecule has 1 aromatic heterocycles. The largest absolute Gasteiger partial charge is 0.319 e. The number of nitrogen functional groups attached to an aromatic ring is 1. The zero-order valence-corrected chi connectivity index (χ0v) is 13.1. The van der Waals surface area contributed by atoms with Crippen molar-refractivity contribution in [3.05, 3.63) is 50.5 Å². The molecule has 1 heterocycles. The van der Waals surface area contributed by atoms with Gasteiger partial charge in [0.05, 0.1) is 15.7 Å². The van der Waals surface area contributed by atoms with Gasteiger partial charge in [0.25, 0.3) is 5.91 Å². The SMILES string of the molecule is NNc1ccc(Cl)c(C(=O)Nc2cc(Br)ccc2Cl)n1. The van der Waals surface area contributed by atoms with Gasteiger partial charge in [-0.05, 0) is 30.3 Å². The Morgan fingerprint density at radius 2 is 1.90 bits per heavy atom. The molecule has 2 aromatic rings. The summed E-state index contributed by atoms with van der Waals surface area (Å²) in [5.41, 5.74) is 2.86. The molecule has 0 aliphatic heterocycles. The molecule has 5 nitrogen and oxygen atoms in total. The normalized spacial score (nSPS) is 10.2. The van der Waals surface area contributed by atoms with Gasteiger partial charge in [0.1, 0.15) is 11.5 Å². The fourth-order valence-electron chi connectivity index (χ4n) is 1.46. The van der Waals surface area contributed by atoms with E-state index in [1.807, 2.05) is 0 Å². The summed E-state index contributed by atoms with van der Waals surface area (Å²) >= 11 is 15.3. The molecule has 0 fully saturated rings. The summed E-state index contributed by atoms with van der Waals surface area (Å²) in [4.78, 5) is 16.2. The van der Waals surface area contributed by atoms with Gasteiger partial charge in [-0.15, -0.1) is 0 Å². The van der Waals surface area contributed by atoms with Gasteiger partial charge in [0.2, 0.25) is 0 Å². The average Bonchev–Trinajstić information content (AvgIpc) is 2.43. The molecule has 0 atom stereocenters. The summed E-state index contributed by atoms with van der Waals surface area (Å²) in [6, 6.07) is 8.20. The van der Waals surface area contributed by atoms with Crippen molar-refractivity contribution in [2.45, 2.75) is 0 Å². The molecule has 0 unspecified atom stereocenters. The number of pyridine rings is 1. The van der Waals surface area contributed by atoms with Crippen LogP contribution < -0.4 is 16.6 Å². The highest BCUT2D eigenvalue weighted by Gasteiger charge is 2.15. The zero-order valence-electron chi connectivity index (χ0n) is 9.95. The predicted molar refractivity (Wildman–Crippen MR) is 84.2 cm³/mol. The highest BCUT2D eigenvalue weighted by molar-refractivity contribution is 9.10. The Hall–Kier alpha value is -1.34. The number of amides is 1. The summed E-state index contributed by atoms with van der Waals surface area (Å²) in [5, 5.41) is 3.27. The van der Waals surface area contributed by atoms with E-state index >= 15 is 0 Å². The molecule has 2 rings (SSSR count). The van der Waals surface area contributed by atoms with E-state index in [1.165, 1.54) is 6.07 Å². The Labute approximate surface area is 133 Å². The first-order valence-corrected chi connectivity index (χ1v) is 6.95. The fraction of sp³-hybridized carbons (Fsp3) is 0. The number of hydrogen-bond acceptors (Lipinski definition) is 4. The number of nitrogens with zero attached hydrogens (tertiary/aromatic N) is 1. The Kier molecular flexibility index (Phi) is 4.82. The highest BCUT2D eigenvalue weighted by atomic mass is 79.9. The van der Waals surface area contributed by atoms with Crippen LogP contribution in [0.4, 0.5) is 11.5 Å². The smallest absolute Gasteiger partial charge is 0.275 e. The minimum atomic E-state index is -0.480. The lowest BCUT2D eigenvalue weighted by atomic mass is 10.3. The van der Waals surface area contributed by atoms with Gasteiger partial charge < -0.3 is 10.7 Å². The van der Waals surface area contributed by atoms with Crippen LogP contribution in [0.25, 0.3) is 0 Å². The Bertz CT molecular complexity index is 666. The Morgan fingerprint density at radius 3 is 2.60 bits per heavy atom. The summed E-state index contributed by atoms with van der Waals surface area (Å²) in [7, 11) is 0. The molecule has 0 aliphatic carbocycles. The van der Waals surface area contributed by atoms with Crippen LogP contribution in [0.15, 0.2) is 34.8 Å². The molecule has 0 saturated heterocycles. The van der Waals surface area contributed by atoms with Crippen LogP contribution in [0.3, 0.4) is 0 Å². The zero-order chi connectivity index (χ0) is 14.7. The van der Waals surface area contributed by atoms with Crippen LogP contribution in [-0.2, 0) is 0 Å². The number of aromatic nitrogens is 1. The third-order valence-electron chi connectivity index (χ3n) is 2.39. The van der Waals surface area contributed by atoms with Gasteiger partial charge in [0.15, 0.2) is 0 Å². The van der Waals surface area contributed by atoms with E-state index in [0.717, 1.165) is 4.47 Å². The van der Waals surface area contributed by atoms with Crippen molar-refractivity contribution in [2.75, 3.05) is 10.7 Å². The van der Waals surface area contributed by atoms with Crippen LogP contribution in [0.2, 0.25) is 10.0 Å². The van der Waals surface area contributed by atoms with E-state index in [1.54, 1.807) is 24.3 Å². The maximum Gasteiger partial charge on any atom is 0.275 e. The number of anilines is 2. The van der Waals surface area contributed by atoms with Crippen molar-refractivity contribution < 1.29 is 4.79 Å². The molecule has 20 heavy (non-hydrogen) atoms. The lowest BCUT2D eigenvalue weighted by molar-refractivity contribution is 0.102. The van der Waals surface area contributed by atoms with Crippen molar-refractivity contribution >= 4 is 56.5 Å². The maximum absolute atomic E-state index is 12.2. The Balaban J connectivity index is 2.30. The summed E-state index contributed by atoms with van der Waals surface area (Å²) in [6.45, 7) is 0. The molecular formula is C12H9BrCl2N4O. The highest BCUT2D eigenvalue weighted by Crippen LogP contribution is 2.27. The van der Waals surface area contributed by atoms with Gasteiger partial charge in [-0.2, -0.15) is 0 Å². The van der Waals surface area contributed by atoms with Crippen molar-refractivity contribution in [1.82, 2.24) is 4.98 Å². The number of halogens is 3. The molecule has 104 valence electrons. The quantitative estimate of drug-likeness (QED) is 0.564. The van der Waals surface area contributed by atoms with Gasteiger partial charge in [-0.25, -0.2) is 10.8 Å². The molecular weight excluding hydrogens is 367 g/mol. The van der Waals surface area contributed by atoms with Gasteiger partial charge >= 0.3 is 0 Å². The Morgan fingerprint density at radius 1 is 1.20 bits per heavy atom. The van der Waals surface area contributed by atoms with Crippen LogP contribution in [0.1, 0.15) is 10.5 Å². The third kappa shape index (κ3) is 3.40. The van der Waals surface area contributed by atoms with E-state index < -0.39 is 5.91 Å². The topological polar surface area (TPSA) is 80.0 Å². The van der Waals surface area contributed by atoms with Gasteiger partial charge in [-0.1, -0.05) is 39.1 Å². The first kappa shape index (κ1) is 15.1. The lowest BCUT2D eigenvalue weighted by Gasteiger charge is -2.09. The van der Waals surface area contributed by atoms with Crippen molar-refractivity contribution in [2.24, 2.45) is 5.84 Å². The number of benzene rings is 1. The maximum atomic E-state index is 12.2. The number of carbonyl (C=O) groups is 1. The number of hydrogen-bond donors (Lipinski definition) is 3. The molecule has 0 radical (unpaired) electrons. The summed E-state index contributed by atoms with van der Waals surface area (Å²) < 4.78 is 0.786. The number of nitrogens with one attached hydrogen (secondary N) is 2. The van der Waals surface area contributed by atoms with Gasteiger partial charge in [0, 0.05) is 4.47 Å². The van der Waals surface area contributed by atoms with E-state index in [4.69, 9.17) is 29.0 Å². The lowest BCUT2D eigenvalue weighted by Crippen LogP contribution is -2.17. The number of carbonyl (C=O) groups excluding carboxylic acids is 1. The number of nitrogens with two attached hydrogens (primary N) is 1. The molecule has 8 heteroatoms. The average molecular weight is 376 g/mol. The first-order valence-electron chi connectivity index (χ1n) is 5.41. The van der Waals surface area contributed by atoms with Crippen molar-refractivity contribution in [3.8, 4) is 0 Å². The minimum absolute atomic E-state index is 0.0539. The molecule has 1 amide bonds. The van der Waals surface area contributed by atoms with Crippen LogP contribution in [-0.4, -0.2) is 10.9 Å². The van der Waals surface area contributed by atoms with Crippen LogP contribution >= 0.6 is 39.1 Å². The van der Waals surface area contributed by atoms with Crippen LogP contribution in [0, 0.1) is 0 Å². The van der Waals surface area contributed by atoms with E-state index in [0.29, 0.717) is 16.5 Å². The molecule has 0 bridgehead atoms. The molecule has 4 N–H and O–H groups in total. The summed E-state index contributed by atoms with van der Waals surface area (Å²) in [5.74, 6) is 5.10. The number of hydrazine groups is 1. The number of rotatable bonds is 3. The minimum Gasteiger partial charge on any atom is -0.319 e. The molecule has 0 saturated carbocycles. The monoisotopic (exact) mass is 374 g/mol. The molecule has 0 spiro atoms. The fourth-order valence-corrected chi connectivity index (χ4v) is 2.17. The third-order valence-corrected chi connectivity index (χ3v) is 3.51.